The summed E-state index contributed by atoms with van der Waals surface area (Å²) in [6.45, 7) is 0.724. The summed E-state index contributed by atoms with van der Waals surface area (Å²) in [6.07, 6.45) is 14.9. The van der Waals surface area contributed by atoms with Gasteiger partial charge in [0.15, 0.2) is 6.40 Å². The van der Waals surface area contributed by atoms with Gasteiger partial charge in [-0.25, -0.2) is 14.8 Å². The van der Waals surface area contributed by atoms with Gasteiger partial charge in [-0.2, -0.15) is 0 Å². The van der Waals surface area contributed by atoms with Gasteiger partial charge < -0.3 is 19.5 Å². The summed E-state index contributed by atoms with van der Waals surface area (Å²) in [4.78, 5) is 21.5. The van der Waals surface area contributed by atoms with E-state index in [2.05, 4.69) is 9.98 Å². The predicted octanol–water partition coefficient (Wildman–Crippen LogP) is 3.37. The lowest BCUT2D eigenvalue weighted by molar-refractivity contribution is -0.133. The van der Waals surface area contributed by atoms with Gasteiger partial charge in [0.2, 0.25) is 5.88 Å². The number of aliphatic carboxylic acids is 1. The highest BCUT2D eigenvalue weighted by Gasteiger charge is 2.28. The van der Waals surface area contributed by atoms with E-state index >= 15 is 0 Å². The average Bonchev–Trinajstić information content (AvgIpc) is 3.12. The Hall–Kier alpha value is -3.87. The highest BCUT2D eigenvalue weighted by Crippen LogP contribution is 2.28. The smallest absolute Gasteiger partial charge is 0.352 e. The van der Waals surface area contributed by atoms with Crippen LogP contribution in [-0.4, -0.2) is 46.6 Å². The number of ether oxygens (including phenoxy) is 2. The molecule has 0 aliphatic carbocycles. The first kappa shape index (κ1) is 18.5. The minimum Gasteiger partial charge on any atom is -0.479 e. The molecular weight excluding hydrogens is 370 g/mol. The van der Waals surface area contributed by atoms with Crippen LogP contribution >= 0.6 is 0 Å². The standard InChI is InChI=1S/C22H19N3O4/c26-22(27)20-13-18-14-25(20)10-9-23-15-28-11-3-1-2-4-16-5-6-17-7-8-24-21(29-18)19(17)12-16/h1-10,12-13,15,18H,11,14H2,(H,26,27)/t18-/m0/s1. The van der Waals surface area contributed by atoms with Crippen molar-refractivity contribution in [1.29, 1.82) is 0 Å². The molecule has 7 nitrogen and oxygen atoms in total. The molecule has 7 heteroatoms. The molecule has 0 unspecified atom stereocenters. The fourth-order valence-corrected chi connectivity index (χ4v) is 3.12. The fourth-order valence-electron chi connectivity index (χ4n) is 3.12. The Balaban J connectivity index is 1.73. The van der Waals surface area contributed by atoms with Gasteiger partial charge in [-0.05, 0) is 35.2 Å². The Bertz CT molecular complexity index is 1070. The number of hydrogen-bond donors (Lipinski definition) is 1. The van der Waals surface area contributed by atoms with Gasteiger partial charge in [0.05, 0.1) is 6.54 Å². The number of fused-ring (bicyclic) bond motifs is 3. The van der Waals surface area contributed by atoms with E-state index in [9.17, 15) is 9.90 Å². The molecule has 2 aromatic rings. The molecule has 1 N–H and O–H groups in total. The number of rotatable bonds is 1. The lowest BCUT2D eigenvalue weighted by atomic mass is 10.1. The van der Waals surface area contributed by atoms with Gasteiger partial charge in [0.1, 0.15) is 18.4 Å². The number of aliphatic imine (C=N–C) groups is 1. The highest BCUT2D eigenvalue weighted by molar-refractivity contribution is 5.89. The van der Waals surface area contributed by atoms with E-state index in [1.165, 1.54) is 12.6 Å². The van der Waals surface area contributed by atoms with Crippen LogP contribution in [0.2, 0.25) is 0 Å². The Morgan fingerprint density at radius 1 is 1.24 bits per heavy atom. The first-order valence-electron chi connectivity index (χ1n) is 9.11. The first-order chi connectivity index (χ1) is 14.2. The fraction of sp³-hybridized carbons (Fsp3) is 0.136. The molecule has 0 amide bonds. The van der Waals surface area contributed by atoms with Crippen molar-refractivity contribution >= 4 is 29.2 Å². The molecule has 4 rings (SSSR count). The third-order valence-electron chi connectivity index (χ3n) is 4.46. The monoisotopic (exact) mass is 389 g/mol. The van der Waals surface area contributed by atoms with Crippen molar-refractivity contribution in [3.8, 4) is 5.88 Å². The number of carboxylic acids is 1. The van der Waals surface area contributed by atoms with Crippen molar-refractivity contribution in [3.63, 3.8) is 0 Å². The average molecular weight is 389 g/mol. The molecule has 0 saturated carbocycles. The Kier molecular flexibility index (Phi) is 5.38. The quantitative estimate of drug-likeness (QED) is 0.805. The number of aromatic nitrogens is 1. The minimum atomic E-state index is -1.03. The van der Waals surface area contributed by atoms with Crippen molar-refractivity contribution in [1.82, 2.24) is 9.88 Å². The summed E-state index contributed by atoms with van der Waals surface area (Å²) in [5, 5.41) is 11.4. The molecule has 2 aliphatic rings. The zero-order valence-electron chi connectivity index (χ0n) is 15.5. The van der Waals surface area contributed by atoms with Crippen molar-refractivity contribution in [2.45, 2.75) is 6.10 Å². The second-order valence-electron chi connectivity index (χ2n) is 6.44. The van der Waals surface area contributed by atoms with Crippen LogP contribution in [-0.2, 0) is 9.53 Å². The molecule has 0 fully saturated rings. The van der Waals surface area contributed by atoms with Crippen LogP contribution in [0.25, 0.3) is 16.8 Å². The molecule has 29 heavy (non-hydrogen) atoms. The van der Waals surface area contributed by atoms with Crippen LogP contribution in [0.4, 0.5) is 0 Å². The Morgan fingerprint density at radius 3 is 3.07 bits per heavy atom. The van der Waals surface area contributed by atoms with Crippen LogP contribution in [0.3, 0.4) is 0 Å². The highest BCUT2D eigenvalue weighted by atomic mass is 16.5. The van der Waals surface area contributed by atoms with Crippen LogP contribution in [0.15, 0.2) is 77.9 Å². The van der Waals surface area contributed by atoms with Gasteiger partial charge in [0, 0.05) is 24.0 Å². The number of pyridine rings is 1. The summed E-state index contributed by atoms with van der Waals surface area (Å²) >= 11 is 0. The minimum absolute atomic E-state index is 0.132. The van der Waals surface area contributed by atoms with Crippen molar-refractivity contribution in [2.75, 3.05) is 13.2 Å². The zero-order chi connectivity index (χ0) is 20.1. The molecule has 4 bridgehead atoms. The molecular formula is C22H19N3O4. The van der Waals surface area contributed by atoms with E-state index in [-0.39, 0.29) is 5.70 Å². The molecule has 2 aliphatic heterocycles. The van der Waals surface area contributed by atoms with Crippen molar-refractivity contribution in [3.05, 3.63) is 78.4 Å². The van der Waals surface area contributed by atoms with Crippen LogP contribution in [0.1, 0.15) is 5.56 Å². The summed E-state index contributed by atoms with van der Waals surface area (Å²) in [5.74, 6) is -0.562. The number of hydrogen-bond acceptors (Lipinski definition) is 6. The molecule has 0 spiro atoms. The third-order valence-corrected chi connectivity index (χ3v) is 4.46. The van der Waals surface area contributed by atoms with Crippen LogP contribution in [0.5, 0.6) is 5.88 Å². The Morgan fingerprint density at radius 2 is 2.17 bits per heavy atom. The maximum Gasteiger partial charge on any atom is 0.352 e. The second kappa shape index (κ2) is 8.43. The van der Waals surface area contributed by atoms with Gasteiger partial charge >= 0.3 is 5.97 Å². The molecule has 1 aromatic carbocycles. The van der Waals surface area contributed by atoms with E-state index in [4.69, 9.17) is 9.47 Å². The van der Waals surface area contributed by atoms with E-state index in [1.54, 1.807) is 23.4 Å². The predicted molar refractivity (Wildman–Crippen MR) is 110 cm³/mol. The Labute approximate surface area is 167 Å². The van der Waals surface area contributed by atoms with Gasteiger partial charge in [0.25, 0.3) is 0 Å². The SMILES string of the molecule is O=C(O)C1=C[C@H]2CN1C=CN=COCC=CC=Cc1ccc3ccnc(c3c1)O2. The number of carboxylic acid groups (broad SMARTS) is 1. The molecule has 1 aromatic heterocycles. The normalized spacial score (nSPS) is 18.8. The second-order valence-corrected chi connectivity index (χ2v) is 6.44. The summed E-state index contributed by atoms with van der Waals surface area (Å²) in [5.41, 5.74) is 1.13. The lowest BCUT2D eigenvalue weighted by Gasteiger charge is -2.17. The zero-order valence-corrected chi connectivity index (χ0v) is 15.5. The lowest BCUT2D eigenvalue weighted by Crippen LogP contribution is -2.24. The molecule has 146 valence electrons. The summed E-state index contributed by atoms with van der Waals surface area (Å²) in [6, 6.07) is 7.94. The van der Waals surface area contributed by atoms with Gasteiger partial charge in [-0.15, -0.1) is 0 Å². The number of benzene rings is 1. The summed E-state index contributed by atoms with van der Waals surface area (Å²) in [7, 11) is 0. The van der Waals surface area contributed by atoms with Crippen molar-refractivity contribution < 1.29 is 19.4 Å². The topological polar surface area (TPSA) is 84.2 Å². The number of nitrogens with zero attached hydrogens (tertiary/aromatic N) is 3. The third kappa shape index (κ3) is 4.35. The van der Waals surface area contributed by atoms with E-state index in [1.807, 2.05) is 48.6 Å². The van der Waals surface area contributed by atoms with Crippen LogP contribution < -0.4 is 4.74 Å². The molecule has 1 atom stereocenters. The van der Waals surface area contributed by atoms with E-state index < -0.39 is 12.1 Å². The van der Waals surface area contributed by atoms with Gasteiger partial charge in [-0.1, -0.05) is 30.4 Å². The largest absolute Gasteiger partial charge is 0.479 e. The first-order valence-corrected chi connectivity index (χ1v) is 9.11. The molecule has 3 heterocycles. The molecule has 0 radical (unpaired) electrons. The van der Waals surface area contributed by atoms with E-state index in [0.717, 1.165) is 16.3 Å². The summed E-state index contributed by atoms with van der Waals surface area (Å²) < 4.78 is 11.3. The maximum absolute atomic E-state index is 11.6. The number of allylic oxidation sites excluding steroid dienone is 2. The van der Waals surface area contributed by atoms with Crippen LogP contribution in [0, 0.1) is 0 Å². The van der Waals surface area contributed by atoms with E-state index in [0.29, 0.717) is 19.0 Å². The number of carbonyl (C=O) groups is 1. The van der Waals surface area contributed by atoms with Crippen molar-refractivity contribution in [2.24, 2.45) is 4.99 Å². The maximum atomic E-state index is 11.6. The molecule has 0 saturated heterocycles. The van der Waals surface area contributed by atoms with Gasteiger partial charge in [-0.3, -0.25) is 0 Å².